The van der Waals surface area contributed by atoms with Crippen LogP contribution in [0.3, 0.4) is 0 Å². The molecule has 8 heteroatoms. The maximum absolute atomic E-state index is 13.4. The summed E-state index contributed by atoms with van der Waals surface area (Å²) in [7, 11) is 0. The number of aromatic nitrogens is 3. The van der Waals surface area contributed by atoms with Gasteiger partial charge in [0.05, 0.1) is 22.4 Å². The summed E-state index contributed by atoms with van der Waals surface area (Å²) in [6.07, 6.45) is 4.76. The molecular weight excluding hydrogens is 510 g/mol. The number of benzene rings is 2. The second-order valence-corrected chi connectivity index (χ2v) is 10.5. The van der Waals surface area contributed by atoms with Crippen molar-refractivity contribution in [3.8, 4) is 11.3 Å². The Morgan fingerprint density at radius 1 is 0.897 bits per heavy atom. The highest BCUT2D eigenvalue weighted by Crippen LogP contribution is 2.27. The average molecular weight is 542 g/mol. The highest BCUT2D eigenvalue weighted by atomic mass is 35.5. The Morgan fingerprint density at radius 2 is 1.67 bits per heavy atom. The van der Waals surface area contributed by atoms with Gasteiger partial charge in [0, 0.05) is 54.9 Å². The summed E-state index contributed by atoms with van der Waals surface area (Å²) in [5, 5.41) is 0.662. The largest absolute Gasteiger partial charge is 0.353 e. The number of piperazine rings is 1. The highest BCUT2D eigenvalue weighted by molar-refractivity contribution is 6.30. The van der Waals surface area contributed by atoms with Gasteiger partial charge in [0.25, 0.3) is 5.91 Å². The molecular formula is C31H32ClN5O2. The maximum atomic E-state index is 13.4. The Labute approximate surface area is 233 Å². The van der Waals surface area contributed by atoms with Gasteiger partial charge in [-0.15, -0.1) is 0 Å². The number of anilines is 1. The molecule has 5 rings (SSSR count). The molecule has 2 aromatic heterocycles. The van der Waals surface area contributed by atoms with Crippen molar-refractivity contribution >= 4 is 40.1 Å². The number of unbranched alkanes of at least 4 members (excludes halogenated alkanes) is 1. The average Bonchev–Trinajstić information content (AvgIpc) is 2.95. The van der Waals surface area contributed by atoms with Crippen LogP contribution < -0.4 is 4.90 Å². The van der Waals surface area contributed by atoms with Gasteiger partial charge >= 0.3 is 0 Å². The van der Waals surface area contributed by atoms with Crippen molar-refractivity contribution < 1.29 is 9.59 Å². The van der Waals surface area contributed by atoms with Crippen molar-refractivity contribution in [2.24, 2.45) is 0 Å². The number of rotatable bonds is 8. The van der Waals surface area contributed by atoms with E-state index in [-0.39, 0.29) is 11.7 Å². The Bertz CT molecular complexity index is 1480. The summed E-state index contributed by atoms with van der Waals surface area (Å²) in [5.41, 5.74) is 5.78. The fourth-order valence-corrected chi connectivity index (χ4v) is 5.00. The van der Waals surface area contributed by atoms with Crippen LogP contribution in [0.2, 0.25) is 5.02 Å². The standard InChI is InChI=1S/C31H32ClN5O2/c1-21-7-14-29(33-20-21)36-15-17-37(18-16-36)31(39)24-10-13-26-28(19-24)34-27(6-4-3-5-22(2)38)30(35-26)23-8-11-25(32)12-9-23/h7-14,19-20H,3-6,15-18H2,1-2H3. The molecule has 0 bridgehead atoms. The molecule has 3 heterocycles. The molecule has 7 nitrogen and oxygen atoms in total. The molecule has 1 amide bonds. The molecule has 0 unspecified atom stereocenters. The second-order valence-electron chi connectivity index (χ2n) is 10.1. The summed E-state index contributed by atoms with van der Waals surface area (Å²) in [6.45, 7) is 6.39. The van der Waals surface area contributed by atoms with E-state index in [1.165, 1.54) is 0 Å². The lowest BCUT2D eigenvalue weighted by Crippen LogP contribution is -2.49. The predicted octanol–water partition coefficient (Wildman–Crippen LogP) is 5.92. The van der Waals surface area contributed by atoms with Crippen LogP contribution in [0, 0.1) is 6.92 Å². The Kier molecular flexibility index (Phi) is 8.17. The van der Waals surface area contributed by atoms with Gasteiger partial charge in [0.1, 0.15) is 11.6 Å². The van der Waals surface area contributed by atoms with E-state index < -0.39 is 0 Å². The van der Waals surface area contributed by atoms with E-state index in [1.807, 2.05) is 66.6 Å². The van der Waals surface area contributed by atoms with Gasteiger partial charge in [0.2, 0.25) is 0 Å². The first-order chi connectivity index (χ1) is 18.9. The quantitative estimate of drug-likeness (QED) is 0.258. The number of ketones is 1. The molecule has 1 aliphatic heterocycles. The van der Waals surface area contributed by atoms with Crippen LogP contribution in [0.1, 0.15) is 47.8 Å². The van der Waals surface area contributed by atoms with Gasteiger partial charge in [-0.2, -0.15) is 0 Å². The van der Waals surface area contributed by atoms with Crippen LogP contribution in [-0.4, -0.2) is 57.7 Å². The number of nitrogens with zero attached hydrogens (tertiary/aromatic N) is 5. The van der Waals surface area contributed by atoms with E-state index in [4.69, 9.17) is 21.6 Å². The minimum Gasteiger partial charge on any atom is -0.353 e. The van der Waals surface area contributed by atoms with E-state index in [0.717, 1.165) is 59.8 Å². The molecule has 200 valence electrons. The SMILES string of the molecule is CC(=O)CCCCc1nc2cc(C(=O)N3CCN(c4ccc(C)cn4)CC3)ccc2nc1-c1ccc(Cl)cc1. The van der Waals surface area contributed by atoms with Gasteiger partial charge in [-0.3, -0.25) is 4.79 Å². The van der Waals surface area contributed by atoms with E-state index in [0.29, 0.717) is 42.0 Å². The van der Waals surface area contributed by atoms with Crippen LogP contribution >= 0.6 is 11.6 Å². The lowest BCUT2D eigenvalue weighted by molar-refractivity contribution is -0.117. The zero-order chi connectivity index (χ0) is 27.4. The summed E-state index contributed by atoms with van der Waals surface area (Å²) < 4.78 is 0. The molecule has 1 saturated heterocycles. The lowest BCUT2D eigenvalue weighted by Gasteiger charge is -2.35. The number of aryl methyl sites for hydroxylation is 2. The van der Waals surface area contributed by atoms with Gasteiger partial charge in [-0.05, 0) is 75.1 Å². The predicted molar refractivity (Wildman–Crippen MR) is 155 cm³/mol. The van der Waals surface area contributed by atoms with Crippen LogP contribution in [0.15, 0.2) is 60.8 Å². The van der Waals surface area contributed by atoms with Crippen molar-refractivity contribution in [1.82, 2.24) is 19.9 Å². The lowest BCUT2D eigenvalue weighted by atomic mass is 10.0. The monoisotopic (exact) mass is 541 g/mol. The third kappa shape index (κ3) is 6.42. The number of hydrogen-bond acceptors (Lipinski definition) is 6. The number of carbonyl (C=O) groups excluding carboxylic acids is 2. The molecule has 0 saturated carbocycles. The van der Waals surface area contributed by atoms with Gasteiger partial charge in [-0.25, -0.2) is 15.0 Å². The van der Waals surface area contributed by atoms with E-state index in [9.17, 15) is 9.59 Å². The Morgan fingerprint density at radius 3 is 2.36 bits per heavy atom. The van der Waals surface area contributed by atoms with Crippen molar-refractivity contribution in [3.63, 3.8) is 0 Å². The van der Waals surface area contributed by atoms with E-state index in [1.54, 1.807) is 6.92 Å². The molecule has 0 radical (unpaired) electrons. The number of Topliss-reactive ketones (excluding diaryl/α,β-unsaturated/α-hetero) is 1. The van der Waals surface area contributed by atoms with E-state index in [2.05, 4.69) is 16.0 Å². The van der Waals surface area contributed by atoms with Crippen LogP contribution in [0.25, 0.3) is 22.3 Å². The second kappa shape index (κ2) is 11.9. The first-order valence-corrected chi connectivity index (χ1v) is 13.8. The zero-order valence-electron chi connectivity index (χ0n) is 22.4. The van der Waals surface area contributed by atoms with E-state index >= 15 is 0 Å². The van der Waals surface area contributed by atoms with Gasteiger partial charge in [-0.1, -0.05) is 29.8 Å². The number of hydrogen-bond donors (Lipinski definition) is 0. The molecule has 0 aliphatic carbocycles. The minimum atomic E-state index is 0.00000118. The van der Waals surface area contributed by atoms with Crippen LogP contribution in [-0.2, 0) is 11.2 Å². The first-order valence-electron chi connectivity index (χ1n) is 13.4. The molecule has 0 N–H and O–H groups in total. The zero-order valence-corrected chi connectivity index (χ0v) is 23.1. The summed E-state index contributed by atoms with van der Waals surface area (Å²) in [5.74, 6) is 1.14. The molecule has 2 aromatic carbocycles. The first kappa shape index (κ1) is 26.8. The molecule has 1 fully saturated rings. The minimum absolute atomic E-state index is 0.00000118. The third-order valence-corrected chi connectivity index (χ3v) is 7.33. The molecule has 4 aromatic rings. The molecule has 0 spiro atoms. The number of halogens is 1. The third-order valence-electron chi connectivity index (χ3n) is 7.08. The number of carbonyl (C=O) groups is 2. The summed E-state index contributed by atoms with van der Waals surface area (Å²) in [4.78, 5) is 43.4. The number of fused-ring (bicyclic) bond motifs is 1. The fourth-order valence-electron chi connectivity index (χ4n) is 4.87. The van der Waals surface area contributed by atoms with Gasteiger partial charge in [0.15, 0.2) is 0 Å². The van der Waals surface area contributed by atoms with Crippen molar-refractivity contribution in [2.75, 3.05) is 31.1 Å². The normalized spacial score (nSPS) is 13.6. The maximum Gasteiger partial charge on any atom is 0.254 e. The number of amides is 1. The smallest absolute Gasteiger partial charge is 0.254 e. The van der Waals surface area contributed by atoms with Crippen molar-refractivity contribution in [2.45, 2.75) is 39.5 Å². The molecule has 39 heavy (non-hydrogen) atoms. The topological polar surface area (TPSA) is 79.3 Å². The van der Waals surface area contributed by atoms with Gasteiger partial charge < -0.3 is 14.6 Å². The van der Waals surface area contributed by atoms with Crippen LogP contribution in [0.4, 0.5) is 5.82 Å². The Hall–Kier alpha value is -3.84. The van der Waals surface area contributed by atoms with Crippen molar-refractivity contribution in [1.29, 1.82) is 0 Å². The number of pyridine rings is 1. The van der Waals surface area contributed by atoms with Crippen LogP contribution in [0.5, 0.6) is 0 Å². The highest BCUT2D eigenvalue weighted by Gasteiger charge is 2.23. The summed E-state index contributed by atoms with van der Waals surface area (Å²) >= 11 is 6.11. The van der Waals surface area contributed by atoms with Crippen molar-refractivity contribution in [3.05, 3.63) is 82.6 Å². The fraction of sp³-hybridized carbons (Fsp3) is 0.323. The molecule has 1 aliphatic rings. The summed E-state index contributed by atoms with van der Waals surface area (Å²) in [6, 6.07) is 17.2. The Balaban J connectivity index is 1.36. The molecule has 0 atom stereocenters.